The second-order valence-corrected chi connectivity index (χ2v) is 7.14. The molecule has 8 heteroatoms. The Balaban J connectivity index is 2.97. The van der Waals surface area contributed by atoms with Crippen molar-refractivity contribution in [2.75, 3.05) is 13.6 Å². The highest BCUT2D eigenvalue weighted by Crippen LogP contribution is 2.22. The molecule has 1 atom stereocenters. The molecule has 0 heterocycles. The highest BCUT2D eigenvalue weighted by molar-refractivity contribution is 6.34. The van der Waals surface area contributed by atoms with Gasteiger partial charge in [-0.2, -0.15) is 0 Å². The van der Waals surface area contributed by atoms with Crippen LogP contribution in [0.15, 0.2) is 18.2 Å². The van der Waals surface area contributed by atoms with Crippen LogP contribution in [0.2, 0.25) is 5.02 Å². The van der Waals surface area contributed by atoms with Gasteiger partial charge in [-0.25, -0.2) is 0 Å². The molecule has 0 aliphatic rings. The molecule has 0 spiro atoms. The minimum absolute atomic E-state index is 0.0304. The number of benzene rings is 1. The van der Waals surface area contributed by atoms with Crippen LogP contribution in [0.25, 0.3) is 0 Å². The number of nitrogens with zero attached hydrogens (tertiary/aromatic N) is 2. The van der Waals surface area contributed by atoms with Gasteiger partial charge in [0, 0.05) is 25.7 Å². The van der Waals surface area contributed by atoms with Crippen molar-refractivity contribution >= 4 is 29.1 Å². The van der Waals surface area contributed by atoms with Gasteiger partial charge in [-0.15, -0.1) is 0 Å². The van der Waals surface area contributed by atoms with Crippen LogP contribution < -0.4 is 5.32 Å². The Morgan fingerprint density at radius 3 is 2.32 bits per heavy atom. The number of amides is 2. The molecular weight excluding hydrogens is 346 g/mol. The zero-order valence-electron chi connectivity index (χ0n) is 15.1. The van der Waals surface area contributed by atoms with E-state index in [4.69, 9.17) is 11.6 Å². The molecule has 0 aromatic heterocycles. The third-order valence-electron chi connectivity index (χ3n) is 3.64. The van der Waals surface area contributed by atoms with Crippen molar-refractivity contribution in [3.63, 3.8) is 0 Å². The summed E-state index contributed by atoms with van der Waals surface area (Å²) in [6.07, 6.45) is 0. The molecule has 0 aliphatic heterocycles. The van der Waals surface area contributed by atoms with Gasteiger partial charge in [-0.1, -0.05) is 39.3 Å². The number of carbonyl (C=O) groups excluding carboxylic acids is 2. The number of likely N-dealkylation sites (N-methyl/N-ethyl adjacent to an activating group) is 1. The molecule has 0 bridgehead atoms. The molecule has 1 aromatic rings. The van der Waals surface area contributed by atoms with Gasteiger partial charge in [0.05, 0.1) is 15.5 Å². The molecule has 0 fully saturated rings. The van der Waals surface area contributed by atoms with E-state index in [1.165, 1.54) is 12.1 Å². The molecule has 2 amide bonds. The second-order valence-electron chi connectivity index (χ2n) is 6.73. The van der Waals surface area contributed by atoms with Crippen LogP contribution in [-0.4, -0.2) is 41.3 Å². The van der Waals surface area contributed by atoms with E-state index < -0.39 is 16.9 Å². The number of nitrogens with one attached hydrogen (secondary N) is 1. The number of carbonyl (C=O) groups is 2. The standard InChI is InChI=1S/C17H24ClN3O4/c1-10(2)9-20(5)17(23)15(11(3)4)19-16(22)13-7-6-12(21(24)25)8-14(13)18/h6-8,10-11,15H,9H2,1-5H3,(H,19,22). The lowest BCUT2D eigenvalue weighted by Crippen LogP contribution is -2.50. The predicted molar refractivity (Wildman–Crippen MR) is 96.7 cm³/mol. The molecule has 1 unspecified atom stereocenters. The quantitative estimate of drug-likeness (QED) is 0.590. The van der Waals surface area contributed by atoms with E-state index in [2.05, 4.69) is 5.32 Å². The van der Waals surface area contributed by atoms with Crippen molar-refractivity contribution in [2.45, 2.75) is 33.7 Å². The van der Waals surface area contributed by atoms with Crippen LogP contribution >= 0.6 is 11.6 Å². The second kappa shape index (κ2) is 8.80. The maximum absolute atomic E-state index is 12.6. The van der Waals surface area contributed by atoms with Crippen LogP contribution in [0.5, 0.6) is 0 Å². The maximum atomic E-state index is 12.6. The van der Waals surface area contributed by atoms with Gasteiger partial charge in [0.25, 0.3) is 11.6 Å². The summed E-state index contributed by atoms with van der Waals surface area (Å²) < 4.78 is 0. The molecule has 0 saturated carbocycles. The van der Waals surface area contributed by atoms with Crippen molar-refractivity contribution in [3.05, 3.63) is 38.9 Å². The molecule has 1 aromatic carbocycles. The summed E-state index contributed by atoms with van der Waals surface area (Å²) in [6.45, 7) is 8.26. The lowest BCUT2D eigenvalue weighted by atomic mass is 10.0. The van der Waals surface area contributed by atoms with Gasteiger partial charge in [0.1, 0.15) is 6.04 Å². The average Bonchev–Trinajstić information content (AvgIpc) is 2.50. The van der Waals surface area contributed by atoms with Crippen molar-refractivity contribution in [3.8, 4) is 0 Å². The molecule has 0 saturated heterocycles. The fraction of sp³-hybridized carbons (Fsp3) is 0.529. The third-order valence-corrected chi connectivity index (χ3v) is 3.96. The topological polar surface area (TPSA) is 92.6 Å². The van der Waals surface area contributed by atoms with E-state index in [9.17, 15) is 19.7 Å². The first kappa shape index (κ1) is 20.9. The van der Waals surface area contributed by atoms with Gasteiger partial charge < -0.3 is 10.2 Å². The summed E-state index contributed by atoms with van der Waals surface area (Å²) in [4.78, 5) is 36.8. The van der Waals surface area contributed by atoms with E-state index in [0.717, 1.165) is 6.07 Å². The number of nitro groups is 1. The first-order valence-electron chi connectivity index (χ1n) is 8.04. The third kappa shape index (κ3) is 5.70. The Morgan fingerprint density at radius 1 is 1.28 bits per heavy atom. The average molecular weight is 370 g/mol. The minimum atomic E-state index is -0.706. The lowest BCUT2D eigenvalue weighted by Gasteiger charge is -2.28. The number of rotatable bonds is 7. The molecule has 0 radical (unpaired) electrons. The number of non-ortho nitro benzene ring substituents is 1. The zero-order valence-corrected chi connectivity index (χ0v) is 15.8. The SMILES string of the molecule is CC(C)CN(C)C(=O)C(NC(=O)c1ccc([N+](=O)[O-])cc1Cl)C(C)C. The Labute approximate surface area is 152 Å². The van der Waals surface area contributed by atoms with Gasteiger partial charge in [-0.05, 0) is 17.9 Å². The van der Waals surface area contributed by atoms with Gasteiger partial charge in [-0.3, -0.25) is 19.7 Å². The van der Waals surface area contributed by atoms with Crippen molar-refractivity contribution < 1.29 is 14.5 Å². The van der Waals surface area contributed by atoms with E-state index >= 15 is 0 Å². The summed E-state index contributed by atoms with van der Waals surface area (Å²) in [6, 6.07) is 2.91. The summed E-state index contributed by atoms with van der Waals surface area (Å²) in [7, 11) is 1.70. The first-order valence-corrected chi connectivity index (χ1v) is 8.42. The summed E-state index contributed by atoms with van der Waals surface area (Å²) in [5.74, 6) is -0.538. The number of hydrogen-bond donors (Lipinski definition) is 1. The molecule has 7 nitrogen and oxygen atoms in total. The Hall–Kier alpha value is -2.15. The lowest BCUT2D eigenvalue weighted by molar-refractivity contribution is -0.384. The fourth-order valence-corrected chi connectivity index (χ4v) is 2.67. The van der Waals surface area contributed by atoms with E-state index in [-0.39, 0.29) is 28.1 Å². The van der Waals surface area contributed by atoms with Crippen LogP contribution in [-0.2, 0) is 4.79 Å². The number of halogens is 1. The summed E-state index contributed by atoms with van der Waals surface area (Å²) >= 11 is 5.98. The van der Waals surface area contributed by atoms with E-state index in [0.29, 0.717) is 12.5 Å². The van der Waals surface area contributed by atoms with Crippen LogP contribution in [0.4, 0.5) is 5.69 Å². The van der Waals surface area contributed by atoms with Crippen LogP contribution in [0.1, 0.15) is 38.1 Å². The Morgan fingerprint density at radius 2 is 1.88 bits per heavy atom. The van der Waals surface area contributed by atoms with Crippen LogP contribution in [0.3, 0.4) is 0 Å². The Kier molecular flexibility index (Phi) is 7.36. The molecule has 1 N–H and O–H groups in total. The van der Waals surface area contributed by atoms with Crippen molar-refractivity contribution in [2.24, 2.45) is 11.8 Å². The zero-order chi connectivity index (χ0) is 19.3. The van der Waals surface area contributed by atoms with E-state index in [1.807, 2.05) is 27.7 Å². The minimum Gasteiger partial charge on any atom is -0.344 e. The Bertz CT molecular complexity index is 661. The maximum Gasteiger partial charge on any atom is 0.270 e. The molecular formula is C17H24ClN3O4. The van der Waals surface area contributed by atoms with Crippen molar-refractivity contribution in [1.29, 1.82) is 0 Å². The summed E-state index contributed by atoms with van der Waals surface area (Å²) in [5, 5.41) is 13.4. The molecule has 0 aliphatic carbocycles. The highest BCUT2D eigenvalue weighted by atomic mass is 35.5. The molecule has 138 valence electrons. The van der Waals surface area contributed by atoms with Gasteiger partial charge in [0.15, 0.2) is 0 Å². The smallest absolute Gasteiger partial charge is 0.270 e. The fourth-order valence-electron chi connectivity index (χ4n) is 2.41. The normalized spacial score (nSPS) is 12.2. The monoisotopic (exact) mass is 369 g/mol. The van der Waals surface area contributed by atoms with E-state index in [1.54, 1.807) is 11.9 Å². The number of nitro benzene ring substituents is 1. The molecule has 25 heavy (non-hydrogen) atoms. The predicted octanol–water partition coefficient (Wildman–Crippen LogP) is 3.12. The van der Waals surface area contributed by atoms with Gasteiger partial charge >= 0.3 is 0 Å². The molecule has 1 rings (SSSR count). The summed E-state index contributed by atoms with van der Waals surface area (Å²) in [5.41, 5.74) is -0.105. The van der Waals surface area contributed by atoms with Crippen LogP contribution in [0, 0.1) is 22.0 Å². The van der Waals surface area contributed by atoms with Gasteiger partial charge in [0.2, 0.25) is 5.91 Å². The first-order chi connectivity index (χ1) is 11.5. The van der Waals surface area contributed by atoms with Crippen molar-refractivity contribution in [1.82, 2.24) is 10.2 Å². The highest BCUT2D eigenvalue weighted by Gasteiger charge is 2.28. The number of hydrogen-bond acceptors (Lipinski definition) is 4. The largest absolute Gasteiger partial charge is 0.344 e.